The Morgan fingerprint density at radius 3 is 2.00 bits per heavy atom. The molecular formula is C21H17Cl4FO6. The topological polar surface area (TPSA) is 71.1 Å². The standard InChI is InChI=1S/C21H17Cl4FO6/c1-29-8-16-18(26)19(32-21(28)13-5-3-11(23)7-15(13)25)17(31-16)9-30-20(27)12-4-2-10(22)6-14(12)24/h2-7,16-19H,8-9H2,1H3/t16?,17-,18-,19-/m1/s1. The van der Waals surface area contributed by atoms with Crippen LogP contribution in [0.25, 0.3) is 0 Å². The number of esters is 2. The number of rotatable bonds is 7. The summed E-state index contributed by atoms with van der Waals surface area (Å²) in [5, 5.41) is 0.813. The zero-order valence-corrected chi connectivity index (χ0v) is 19.6. The number of alkyl halides is 1. The molecule has 2 aromatic rings. The Bertz CT molecular complexity index is 1000. The average molecular weight is 526 g/mol. The van der Waals surface area contributed by atoms with Crippen molar-refractivity contribution < 1.29 is 32.9 Å². The second kappa shape index (κ2) is 11.0. The minimum absolute atomic E-state index is 0.00199. The lowest BCUT2D eigenvalue weighted by Crippen LogP contribution is -2.37. The Kier molecular flexibility index (Phi) is 8.61. The molecule has 0 spiro atoms. The van der Waals surface area contributed by atoms with Gasteiger partial charge in [-0.1, -0.05) is 46.4 Å². The van der Waals surface area contributed by atoms with E-state index in [1.807, 2.05) is 0 Å². The molecule has 1 fully saturated rings. The van der Waals surface area contributed by atoms with Crippen LogP contribution >= 0.6 is 46.4 Å². The van der Waals surface area contributed by atoms with Crippen LogP contribution in [-0.2, 0) is 18.9 Å². The monoisotopic (exact) mass is 524 g/mol. The van der Waals surface area contributed by atoms with Crippen molar-refractivity contribution >= 4 is 58.3 Å². The summed E-state index contributed by atoms with van der Waals surface area (Å²) >= 11 is 23.7. The third-order valence-corrected chi connectivity index (χ3v) is 5.74. The zero-order valence-electron chi connectivity index (χ0n) is 16.5. The van der Waals surface area contributed by atoms with Crippen molar-refractivity contribution in [3.63, 3.8) is 0 Å². The predicted octanol–water partition coefficient (Wildman–Crippen LogP) is 5.43. The van der Waals surface area contributed by atoms with Gasteiger partial charge in [-0.05, 0) is 36.4 Å². The molecule has 0 aromatic heterocycles. The van der Waals surface area contributed by atoms with Gasteiger partial charge in [0.25, 0.3) is 0 Å². The first-order valence-electron chi connectivity index (χ1n) is 9.28. The van der Waals surface area contributed by atoms with Crippen molar-refractivity contribution in [2.75, 3.05) is 20.3 Å². The average Bonchev–Trinajstić information content (AvgIpc) is 3.01. The molecule has 4 atom stereocenters. The van der Waals surface area contributed by atoms with E-state index < -0.39 is 43.0 Å². The number of carbonyl (C=O) groups is 2. The van der Waals surface area contributed by atoms with Gasteiger partial charge >= 0.3 is 11.9 Å². The molecule has 0 aliphatic carbocycles. The molecule has 0 N–H and O–H groups in total. The highest BCUT2D eigenvalue weighted by atomic mass is 35.5. The Labute approximate surface area is 203 Å². The summed E-state index contributed by atoms with van der Waals surface area (Å²) in [7, 11) is 1.38. The molecule has 1 unspecified atom stereocenters. The molecule has 0 bridgehead atoms. The molecule has 11 heteroatoms. The molecular weight excluding hydrogens is 509 g/mol. The molecule has 6 nitrogen and oxygen atoms in total. The Morgan fingerprint density at radius 1 is 0.906 bits per heavy atom. The molecule has 1 saturated heterocycles. The second-order valence-electron chi connectivity index (χ2n) is 6.83. The van der Waals surface area contributed by atoms with Gasteiger partial charge in [-0.3, -0.25) is 0 Å². The van der Waals surface area contributed by atoms with Crippen LogP contribution in [0.5, 0.6) is 0 Å². The fourth-order valence-electron chi connectivity index (χ4n) is 3.10. The van der Waals surface area contributed by atoms with E-state index >= 15 is 0 Å². The maximum atomic E-state index is 15.0. The Morgan fingerprint density at radius 2 is 1.47 bits per heavy atom. The maximum absolute atomic E-state index is 15.0. The number of carbonyl (C=O) groups excluding carboxylic acids is 2. The van der Waals surface area contributed by atoms with Crippen molar-refractivity contribution in [3.8, 4) is 0 Å². The molecule has 2 aromatic carbocycles. The fraction of sp³-hybridized carbons (Fsp3) is 0.333. The number of benzene rings is 2. The van der Waals surface area contributed by atoms with Crippen LogP contribution in [0.4, 0.5) is 4.39 Å². The van der Waals surface area contributed by atoms with Crippen LogP contribution in [0, 0.1) is 0 Å². The highest BCUT2D eigenvalue weighted by Gasteiger charge is 2.48. The maximum Gasteiger partial charge on any atom is 0.340 e. The van der Waals surface area contributed by atoms with Crippen LogP contribution in [0.1, 0.15) is 20.7 Å². The van der Waals surface area contributed by atoms with E-state index in [9.17, 15) is 14.0 Å². The number of ether oxygens (including phenoxy) is 4. The molecule has 32 heavy (non-hydrogen) atoms. The third kappa shape index (κ3) is 5.84. The van der Waals surface area contributed by atoms with Gasteiger partial charge in [0.2, 0.25) is 0 Å². The van der Waals surface area contributed by atoms with Crippen molar-refractivity contribution in [3.05, 3.63) is 67.6 Å². The van der Waals surface area contributed by atoms with Crippen LogP contribution in [0.2, 0.25) is 20.1 Å². The van der Waals surface area contributed by atoms with Crippen molar-refractivity contribution in [2.45, 2.75) is 24.5 Å². The molecule has 0 saturated carbocycles. The van der Waals surface area contributed by atoms with Gasteiger partial charge in [-0.25, -0.2) is 14.0 Å². The lowest BCUT2D eigenvalue weighted by molar-refractivity contribution is -0.0543. The first-order valence-corrected chi connectivity index (χ1v) is 10.8. The summed E-state index contributed by atoms with van der Waals surface area (Å²) < 4.78 is 36.1. The number of hydrogen-bond acceptors (Lipinski definition) is 6. The van der Waals surface area contributed by atoms with Crippen LogP contribution < -0.4 is 0 Å². The van der Waals surface area contributed by atoms with Gasteiger partial charge in [0.05, 0.1) is 27.8 Å². The molecule has 1 aliphatic heterocycles. The largest absolute Gasteiger partial charge is 0.459 e. The van der Waals surface area contributed by atoms with E-state index in [0.29, 0.717) is 10.0 Å². The Balaban J connectivity index is 1.73. The van der Waals surface area contributed by atoms with Crippen LogP contribution in [0.15, 0.2) is 36.4 Å². The van der Waals surface area contributed by atoms with Crippen molar-refractivity contribution in [2.24, 2.45) is 0 Å². The lowest BCUT2D eigenvalue weighted by Gasteiger charge is -2.20. The Hall–Kier alpha value is -1.61. The van der Waals surface area contributed by atoms with Crippen LogP contribution in [0.3, 0.4) is 0 Å². The second-order valence-corrected chi connectivity index (χ2v) is 8.52. The van der Waals surface area contributed by atoms with Gasteiger partial charge in [-0.15, -0.1) is 0 Å². The predicted molar refractivity (Wildman–Crippen MR) is 118 cm³/mol. The zero-order chi connectivity index (χ0) is 23.4. The molecule has 1 aliphatic rings. The van der Waals surface area contributed by atoms with Crippen LogP contribution in [-0.4, -0.2) is 56.7 Å². The summed E-state index contributed by atoms with van der Waals surface area (Å²) in [6.07, 6.45) is -5.22. The highest BCUT2D eigenvalue weighted by Crippen LogP contribution is 2.30. The first-order chi connectivity index (χ1) is 15.2. The summed E-state index contributed by atoms with van der Waals surface area (Å²) in [5.74, 6) is -1.65. The highest BCUT2D eigenvalue weighted by molar-refractivity contribution is 6.37. The number of hydrogen-bond donors (Lipinski definition) is 0. The molecule has 1 heterocycles. The summed E-state index contributed by atoms with van der Waals surface area (Å²) in [4.78, 5) is 25.0. The van der Waals surface area contributed by atoms with Gasteiger partial charge in [-0.2, -0.15) is 0 Å². The lowest BCUT2D eigenvalue weighted by atomic mass is 10.1. The van der Waals surface area contributed by atoms with Gasteiger partial charge in [0, 0.05) is 17.2 Å². The summed E-state index contributed by atoms with van der Waals surface area (Å²) in [6.45, 7) is -0.491. The SMILES string of the molecule is COCC1O[C@H](COC(=O)c2ccc(Cl)cc2Cl)[C@@H](OC(=O)c2ccc(Cl)cc2Cl)[C@@H]1F. The molecule has 172 valence electrons. The minimum Gasteiger partial charge on any atom is -0.459 e. The molecule has 0 radical (unpaired) electrons. The normalized spacial score (nSPS) is 22.6. The molecule has 0 amide bonds. The molecule has 3 rings (SSSR count). The van der Waals surface area contributed by atoms with E-state index in [4.69, 9.17) is 65.4 Å². The van der Waals surface area contributed by atoms with Crippen molar-refractivity contribution in [1.82, 2.24) is 0 Å². The van der Waals surface area contributed by atoms with Gasteiger partial charge in [0.1, 0.15) is 18.8 Å². The summed E-state index contributed by atoms with van der Waals surface area (Å²) in [5.41, 5.74) is 0.0722. The summed E-state index contributed by atoms with van der Waals surface area (Å²) in [6, 6.07) is 8.43. The smallest absolute Gasteiger partial charge is 0.340 e. The van der Waals surface area contributed by atoms with Gasteiger partial charge in [0.15, 0.2) is 12.3 Å². The quantitative estimate of drug-likeness (QED) is 0.448. The van der Waals surface area contributed by atoms with E-state index in [2.05, 4.69) is 0 Å². The van der Waals surface area contributed by atoms with E-state index in [-0.39, 0.29) is 27.8 Å². The van der Waals surface area contributed by atoms with Gasteiger partial charge < -0.3 is 18.9 Å². The number of halogens is 5. The first kappa shape index (κ1) is 25.0. The van der Waals surface area contributed by atoms with E-state index in [1.165, 1.54) is 43.5 Å². The minimum atomic E-state index is -1.73. The fourth-order valence-corrected chi connectivity index (χ4v) is 4.07. The number of methoxy groups -OCH3 is 1. The van der Waals surface area contributed by atoms with Crippen molar-refractivity contribution in [1.29, 1.82) is 0 Å². The van der Waals surface area contributed by atoms with E-state index in [1.54, 1.807) is 0 Å². The third-order valence-electron chi connectivity index (χ3n) is 4.64. The van der Waals surface area contributed by atoms with E-state index in [0.717, 1.165) is 0 Å².